The summed E-state index contributed by atoms with van der Waals surface area (Å²) in [6.45, 7) is 3.68. The Morgan fingerprint density at radius 2 is 0.944 bits per heavy atom. The lowest BCUT2D eigenvalue weighted by molar-refractivity contribution is -0.149. The summed E-state index contributed by atoms with van der Waals surface area (Å²) in [4.78, 5) is 12.6. The molecule has 0 aromatic rings. The Labute approximate surface area is 221 Å². The highest BCUT2D eigenvalue weighted by Gasteiger charge is 2.34. The van der Waals surface area contributed by atoms with Crippen LogP contribution < -0.4 is 5.32 Å². The summed E-state index contributed by atoms with van der Waals surface area (Å²) >= 11 is 0. The standard InChI is InChI=1S/C29H59NO6/c1-3-5-7-9-11-13-15-17-19-21-24(22-20-18-16-14-12-10-8-6-4-2)30-29(36)28(35)27(34)26(33)25(32)23-31/h24-28,31-35H,3-23H2,1-2H3,(H,30,36). The minimum Gasteiger partial charge on any atom is -0.394 e. The highest BCUT2D eigenvalue weighted by atomic mass is 16.4. The summed E-state index contributed by atoms with van der Waals surface area (Å²) in [5.74, 6) is -0.747. The molecule has 0 heterocycles. The van der Waals surface area contributed by atoms with Crippen LogP contribution in [0.15, 0.2) is 0 Å². The van der Waals surface area contributed by atoms with Gasteiger partial charge in [0.2, 0.25) is 0 Å². The van der Waals surface area contributed by atoms with Gasteiger partial charge in [0.1, 0.15) is 18.3 Å². The van der Waals surface area contributed by atoms with Gasteiger partial charge >= 0.3 is 0 Å². The van der Waals surface area contributed by atoms with Crippen molar-refractivity contribution in [2.45, 2.75) is 173 Å². The average molecular weight is 518 g/mol. The van der Waals surface area contributed by atoms with Gasteiger partial charge in [-0.25, -0.2) is 0 Å². The van der Waals surface area contributed by atoms with E-state index in [1.807, 2.05) is 0 Å². The van der Waals surface area contributed by atoms with Crippen molar-refractivity contribution in [3.63, 3.8) is 0 Å². The molecule has 7 nitrogen and oxygen atoms in total. The van der Waals surface area contributed by atoms with Crippen molar-refractivity contribution in [3.05, 3.63) is 0 Å². The van der Waals surface area contributed by atoms with Gasteiger partial charge < -0.3 is 30.8 Å². The van der Waals surface area contributed by atoms with Gasteiger partial charge in [-0.1, -0.05) is 129 Å². The zero-order chi connectivity index (χ0) is 27.0. The van der Waals surface area contributed by atoms with Crippen LogP contribution in [0.3, 0.4) is 0 Å². The minimum atomic E-state index is -1.87. The van der Waals surface area contributed by atoms with E-state index in [1.54, 1.807) is 0 Å². The fourth-order valence-electron chi connectivity index (χ4n) is 4.66. The normalized spacial score (nSPS) is 15.1. The quantitative estimate of drug-likeness (QED) is 0.0918. The summed E-state index contributed by atoms with van der Waals surface area (Å²) in [7, 11) is 0. The lowest BCUT2D eigenvalue weighted by Gasteiger charge is -2.27. The highest BCUT2D eigenvalue weighted by Crippen LogP contribution is 2.16. The number of carbonyl (C=O) groups is 1. The van der Waals surface area contributed by atoms with Gasteiger partial charge in [-0.3, -0.25) is 4.79 Å². The van der Waals surface area contributed by atoms with Gasteiger partial charge in [-0.2, -0.15) is 0 Å². The number of carbonyl (C=O) groups excluding carboxylic acids is 1. The predicted octanol–water partition coefficient (Wildman–Crippen LogP) is 4.75. The fourth-order valence-corrected chi connectivity index (χ4v) is 4.66. The van der Waals surface area contributed by atoms with Crippen LogP contribution in [0.2, 0.25) is 0 Å². The van der Waals surface area contributed by atoms with Crippen LogP contribution in [-0.2, 0) is 4.79 Å². The third kappa shape index (κ3) is 18.5. The summed E-state index contributed by atoms with van der Waals surface area (Å²) in [6, 6.07) is -0.0895. The number of hydrogen-bond donors (Lipinski definition) is 6. The van der Waals surface area contributed by atoms with Crippen LogP contribution in [0.1, 0.15) is 142 Å². The largest absolute Gasteiger partial charge is 0.394 e. The van der Waals surface area contributed by atoms with Crippen molar-refractivity contribution >= 4 is 5.91 Å². The molecule has 1 amide bonds. The molecular weight excluding hydrogens is 458 g/mol. The molecule has 0 aliphatic heterocycles. The second kappa shape index (κ2) is 24.6. The molecule has 0 aromatic carbocycles. The van der Waals surface area contributed by atoms with Gasteiger partial charge in [0.25, 0.3) is 5.91 Å². The summed E-state index contributed by atoms with van der Waals surface area (Å²) in [5.41, 5.74) is 0. The molecular formula is C29H59NO6. The van der Waals surface area contributed by atoms with E-state index in [2.05, 4.69) is 19.2 Å². The SMILES string of the molecule is CCCCCCCCCCCC(CCCCCCCCCCC)NC(=O)C(O)C(O)C(O)C(O)CO. The van der Waals surface area contributed by atoms with E-state index in [1.165, 1.54) is 89.9 Å². The van der Waals surface area contributed by atoms with Gasteiger partial charge in [-0.15, -0.1) is 0 Å². The molecule has 0 radical (unpaired) electrons. The second-order valence-electron chi connectivity index (χ2n) is 10.6. The number of aliphatic hydroxyl groups is 5. The van der Waals surface area contributed by atoms with E-state index < -0.39 is 36.9 Å². The molecule has 36 heavy (non-hydrogen) atoms. The maximum Gasteiger partial charge on any atom is 0.251 e. The number of amides is 1. The van der Waals surface area contributed by atoms with Crippen LogP contribution in [0.4, 0.5) is 0 Å². The minimum absolute atomic E-state index is 0.0895. The third-order valence-corrected chi connectivity index (χ3v) is 7.18. The van der Waals surface area contributed by atoms with Crippen molar-refractivity contribution in [3.8, 4) is 0 Å². The molecule has 0 aliphatic rings. The van der Waals surface area contributed by atoms with E-state index in [0.717, 1.165) is 38.5 Å². The van der Waals surface area contributed by atoms with Crippen LogP contribution in [0, 0.1) is 0 Å². The van der Waals surface area contributed by atoms with E-state index >= 15 is 0 Å². The number of unbranched alkanes of at least 4 members (excludes halogenated alkanes) is 16. The van der Waals surface area contributed by atoms with Crippen LogP contribution >= 0.6 is 0 Å². The average Bonchev–Trinajstić information content (AvgIpc) is 2.88. The molecule has 0 rings (SSSR count). The number of aliphatic hydroxyl groups excluding tert-OH is 5. The number of hydrogen-bond acceptors (Lipinski definition) is 6. The number of rotatable bonds is 26. The van der Waals surface area contributed by atoms with E-state index in [9.17, 15) is 25.2 Å². The molecule has 4 unspecified atom stereocenters. The maximum atomic E-state index is 12.6. The monoisotopic (exact) mass is 517 g/mol. The van der Waals surface area contributed by atoms with Crippen LogP contribution in [0.25, 0.3) is 0 Å². The Kier molecular flexibility index (Phi) is 24.1. The van der Waals surface area contributed by atoms with Crippen molar-refractivity contribution in [1.82, 2.24) is 5.32 Å². The van der Waals surface area contributed by atoms with Gasteiger partial charge in [0.05, 0.1) is 6.61 Å². The first-order valence-electron chi connectivity index (χ1n) is 15.0. The van der Waals surface area contributed by atoms with Crippen molar-refractivity contribution in [1.29, 1.82) is 0 Å². The van der Waals surface area contributed by atoms with Crippen LogP contribution in [0.5, 0.6) is 0 Å². The molecule has 0 spiro atoms. The molecule has 4 atom stereocenters. The zero-order valence-corrected chi connectivity index (χ0v) is 23.4. The van der Waals surface area contributed by atoms with Gasteiger partial charge in [0, 0.05) is 6.04 Å². The molecule has 6 N–H and O–H groups in total. The lowest BCUT2D eigenvalue weighted by Crippen LogP contribution is -2.53. The third-order valence-electron chi connectivity index (χ3n) is 7.18. The smallest absolute Gasteiger partial charge is 0.251 e. The number of nitrogens with one attached hydrogen (secondary N) is 1. The molecule has 0 aromatic heterocycles. The molecule has 0 saturated carbocycles. The first-order chi connectivity index (χ1) is 17.4. The second-order valence-corrected chi connectivity index (χ2v) is 10.6. The molecule has 0 bridgehead atoms. The first-order valence-corrected chi connectivity index (χ1v) is 15.0. The Bertz CT molecular complexity index is 470. The first kappa shape index (κ1) is 35.3. The van der Waals surface area contributed by atoms with Gasteiger partial charge in [0.15, 0.2) is 6.10 Å². The predicted molar refractivity (Wildman–Crippen MR) is 147 cm³/mol. The topological polar surface area (TPSA) is 130 Å². The molecule has 0 fully saturated rings. The Morgan fingerprint density at radius 3 is 1.31 bits per heavy atom. The molecule has 0 saturated heterocycles. The Balaban J connectivity index is 4.47. The van der Waals surface area contributed by atoms with Crippen LogP contribution in [-0.4, -0.2) is 68.5 Å². The fraction of sp³-hybridized carbons (Fsp3) is 0.966. The molecule has 7 heteroatoms. The molecule has 216 valence electrons. The zero-order valence-electron chi connectivity index (χ0n) is 23.4. The van der Waals surface area contributed by atoms with E-state index in [4.69, 9.17) is 5.11 Å². The summed E-state index contributed by atoms with van der Waals surface area (Å²) in [6.07, 6.45) is 16.6. The Hall–Kier alpha value is -0.730. The maximum absolute atomic E-state index is 12.6. The summed E-state index contributed by atoms with van der Waals surface area (Å²) in [5, 5.41) is 51.4. The van der Waals surface area contributed by atoms with Crippen molar-refractivity contribution in [2.24, 2.45) is 0 Å². The highest BCUT2D eigenvalue weighted by molar-refractivity contribution is 5.81. The van der Waals surface area contributed by atoms with E-state index in [-0.39, 0.29) is 6.04 Å². The van der Waals surface area contributed by atoms with Crippen molar-refractivity contribution < 1.29 is 30.3 Å². The Morgan fingerprint density at radius 1 is 0.583 bits per heavy atom. The van der Waals surface area contributed by atoms with Crippen molar-refractivity contribution in [2.75, 3.05) is 6.61 Å². The van der Waals surface area contributed by atoms with E-state index in [0.29, 0.717) is 0 Å². The lowest BCUT2D eigenvalue weighted by atomic mass is 9.98. The van der Waals surface area contributed by atoms with Gasteiger partial charge in [-0.05, 0) is 12.8 Å². The summed E-state index contributed by atoms with van der Waals surface area (Å²) < 4.78 is 0. The molecule has 0 aliphatic carbocycles.